The first-order valence-corrected chi connectivity index (χ1v) is 15.2. The second-order valence-electron chi connectivity index (χ2n) is 10.3. The van der Waals surface area contributed by atoms with E-state index >= 15 is 0 Å². The van der Waals surface area contributed by atoms with Gasteiger partial charge in [0.25, 0.3) is 0 Å². The third-order valence-electron chi connectivity index (χ3n) is 6.60. The van der Waals surface area contributed by atoms with E-state index in [2.05, 4.69) is 20.8 Å². The molecule has 0 aromatic carbocycles. The summed E-state index contributed by atoms with van der Waals surface area (Å²) in [6.07, 6.45) is 7.63. The molecule has 9 nitrogen and oxygen atoms in total. The average Bonchev–Trinajstić information content (AvgIpc) is 2.92. The van der Waals surface area contributed by atoms with Gasteiger partial charge in [-0.15, -0.1) is 0 Å². The molecule has 0 saturated heterocycles. The molecule has 39 heavy (non-hydrogen) atoms. The van der Waals surface area contributed by atoms with Crippen LogP contribution >= 0.6 is 0 Å². The fourth-order valence-electron chi connectivity index (χ4n) is 4.14. The molecular formula is C30H54O9. The monoisotopic (exact) mass is 558 g/mol. The predicted molar refractivity (Wildman–Crippen MR) is 149 cm³/mol. The number of ether oxygens (including phenoxy) is 3. The van der Waals surface area contributed by atoms with Crippen LogP contribution < -0.4 is 0 Å². The average molecular weight is 559 g/mol. The first kappa shape index (κ1) is 37.0. The van der Waals surface area contributed by atoms with Crippen molar-refractivity contribution in [3.05, 3.63) is 0 Å². The summed E-state index contributed by atoms with van der Waals surface area (Å²) < 4.78 is 16.3. The molecule has 0 fully saturated rings. The van der Waals surface area contributed by atoms with Crippen molar-refractivity contribution < 1.29 is 43.6 Å². The van der Waals surface area contributed by atoms with Crippen LogP contribution in [0.15, 0.2) is 0 Å². The summed E-state index contributed by atoms with van der Waals surface area (Å²) in [6.45, 7) is 5.82. The van der Waals surface area contributed by atoms with Crippen molar-refractivity contribution in [2.45, 2.75) is 161 Å². The van der Waals surface area contributed by atoms with Crippen LogP contribution in [0.3, 0.4) is 0 Å². The Hall–Kier alpha value is -2.00. The van der Waals surface area contributed by atoms with Gasteiger partial charge in [-0.25, -0.2) is 0 Å². The molecule has 0 radical (unpaired) electrons. The molecule has 0 aromatic heterocycles. The zero-order valence-corrected chi connectivity index (χ0v) is 24.6. The molecule has 0 unspecified atom stereocenters. The second-order valence-corrected chi connectivity index (χ2v) is 10.3. The Labute approximate surface area is 235 Å². The van der Waals surface area contributed by atoms with Gasteiger partial charge in [-0.3, -0.25) is 14.4 Å². The summed E-state index contributed by atoms with van der Waals surface area (Å²) in [7, 11) is 0. The van der Waals surface area contributed by atoms with Gasteiger partial charge in [0.1, 0.15) is 18.8 Å². The quantitative estimate of drug-likeness (QED) is 0.0622. The number of hydrogen-bond donors (Lipinski definition) is 2. The van der Waals surface area contributed by atoms with Gasteiger partial charge < -0.3 is 29.2 Å². The number of rotatable bonds is 26. The lowest BCUT2D eigenvalue weighted by molar-refractivity contribution is -0.191. The van der Waals surface area contributed by atoms with Gasteiger partial charge in [-0.05, 0) is 19.3 Å². The highest BCUT2D eigenvalue weighted by Gasteiger charge is 2.39. The summed E-state index contributed by atoms with van der Waals surface area (Å²) in [5.74, 6) is -1.75. The molecule has 2 N–H and O–H groups in total. The molecule has 4 atom stereocenters. The second kappa shape index (κ2) is 25.0. The number of carbonyl (C=O) groups is 4. The number of aliphatic hydroxyl groups excluding tert-OH is 2. The van der Waals surface area contributed by atoms with E-state index in [0.29, 0.717) is 19.3 Å². The van der Waals surface area contributed by atoms with E-state index in [-0.39, 0.29) is 25.5 Å². The molecule has 0 bridgehead atoms. The van der Waals surface area contributed by atoms with Crippen molar-refractivity contribution in [3.63, 3.8) is 0 Å². The molecular weight excluding hydrogens is 504 g/mol. The Morgan fingerprint density at radius 1 is 0.615 bits per heavy atom. The van der Waals surface area contributed by atoms with Gasteiger partial charge in [0, 0.05) is 19.3 Å². The van der Waals surface area contributed by atoms with Gasteiger partial charge in [0.05, 0.1) is 0 Å². The number of hydrogen-bond acceptors (Lipinski definition) is 9. The van der Waals surface area contributed by atoms with Crippen LogP contribution in [0, 0.1) is 0 Å². The number of esters is 3. The van der Waals surface area contributed by atoms with E-state index in [0.717, 1.165) is 77.0 Å². The maximum atomic E-state index is 12.6. The van der Waals surface area contributed by atoms with Gasteiger partial charge >= 0.3 is 17.9 Å². The van der Waals surface area contributed by atoms with Crippen LogP contribution in [0.4, 0.5) is 0 Å². The minimum atomic E-state index is -1.88. The van der Waals surface area contributed by atoms with Gasteiger partial charge in [0.15, 0.2) is 18.5 Å². The first-order chi connectivity index (χ1) is 18.8. The molecule has 0 aliphatic heterocycles. The van der Waals surface area contributed by atoms with Crippen molar-refractivity contribution >= 4 is 24.2 Å². The van der Waals surface area contributed by atoms with Crippen LogP contribution in [0.2, 0.25) is 0 Å². The normalized spacial score (nSPS) is 14.2. The minimum Gasteiger partial charge on any atom is -0.462 e. The Bertz CT molecular complexity index is 652. The van der Waals surface area contributed by atoms with Crippen molar-refractivity contribution in [2.75, 3.05) is 6.61 Å². The third-order valence-corrected chi connectivity index (χ3v) is 6.60. The molecule has 9 heteroatoms. The standard InChI is InChI=1S/C30H54O9/c1-4-7-10-13-16-19-26(33)37-23-25(38-27(34)20-17-14-11-8-5-2)30(29(36)24(32)22-31)39-28(35)21-18-15-12-9-6-3/h22,24-25,29-30,32,36H,4-21,23H2,1-3H3/t24-,25+,29+,30-/m0/s1. The van der Waals surface area contributed by atoms with Crippen molar-refractivity contribution in [1.82, 2.24) is 0 Å². The lowest BCUT2D eigenvalue weighted by Gasteiger charge is -2.31. The fourth-order valence-corrected chi connectivity index (χ4v) is 4.14. The number of aldehydes is 1. The highest BCUT2D eigenvalue weighted by molar-refractivity contribution is 5.71. The van der Waals surface area contributed by atoms with E-state index in [1.807, 2.05) is 0 Å². The third kappa shape index (κ3) is 19.7. The lowest BCUT2D eigenvalue weighted by atomic mass is 10.0. The van der Waals surface area contributed by atoms with E-state index in [1.165, 1.54) is 0 Å². The molecule has 0 rings (SSSR count). The van der Waals surface area contributed by atoms with Gasteiger partial charge in [-0.2, -0.15) is 0 Å². The Kier molecular flexibility index (Phi) is 23.7. The van der Waals surface area contributed by atoms with Crippen LogP contribution in [-0.4, -0.2) is 65.4 Å². The van der Waals surface area contributed by atoms with E-state index < -0.39 is 48.9 Å². The maximum Gasteiger partial charge on any atom is 0.306 e. The maximum absolute atomic E-state index is 12.6. The Balaban J connectivity index is 5.37. The summed E-state index contributed by atoms with van der Waals surface area (Å²) in [5, 5.41) is 20.6. The molecule has 0 amide bonds. The summed E-state index contributed by atoms with van der Waals surface area (Å²) in [5.41, 5.74) is 0. The summed E-state index contributed by atoms with van der Waals surface area (Å²) >= 11 is 0. The zero-order chi connectivity index (χ0) is 29.3. The van der Waals surface area contributed by atoms with Gasteiger partial charge in [-0.1, -0.05) is 97.8 Å². The summed E-state index contributed by atoms with van der Waals surface area (Å²) in [4.78, 5) is 48.7. The lowest BCUT2D eigenvalue weighted by Crippen LogP contribution is -2.51. The highest BCUT2D eigenvalue weighted by Crippen LogP contribution is 2.18. The van der Waals surface area contributed by atoms with Crippen molar-refractivity contribution in [1.29, 1.82) is 0 Å². The summed E-state index contributed by atoms with van der Waals surface area (Å²) in [6, 6.07) is 0. The van der Waals surface area contributed by atoms with Crippen LogP contribution in [0.25, 0.3) is 0 Å². The van der Waals surface area contributed by atoms with E-state index in [4.69, 9.17) is 14.2 Å². The topological polar surface area (TPSA) is 136 Å². The SMILES string of the molecule is CCCCCCCC(=O)OC[C@@H](OC(=O)CCCCCCC)[C@H](OC(=O)CCCCCCC)[C@H](O)[C@@H](O)C=O. The molecule has 0 heterocycles. The Morgan fingerprint density at radius 2 is 1.03 bits per heavy atom. The van der Waals surface area contributed by atoms with Crippen LogP contribution in [0.1, 0.15) is 136 Å². The molecule has 0 aliphatic carbocycles. The number of aliphatic hydroxyl groups is 2. The van der Waals surface area contributed by atoms with Gasteiger partial charge in [0.2, 0.25) is 0 Å². The van der Waals surface area contributed by atoms with Crippen LogP contribution in [-0.2, 0) is 33.4 Å². The highest BCUT2D eigenvalue weighted by atomic mass is 16.6. The number of unbranched alkanes of at least 4 members (excludes halogenated alkanes) is 12. The van der Waals surface area contributed by atoms with Crippen molar-refractivity contribution in [2.24, 2.45) is 0 Å². The smallest absolute Gasteiger partial charge is 0.306 e. The minimum absolute atomic E-state index is 0.0692. The fraction of sp³-hybridized carbons (Fsp3) is 0.867. The Morgan fingerprint density at radius 3 is 1.46 bits per heavy atom. The molecule has 228 valence electrons. The largest absolute Gasteiger partial charge is 0.462 e. The van der Waals surface area contributed by atoms with E-state index in [9.17, 15) is 29.4 Å². The molecule has 0 aliphatic rings. The molecule has 0 saturated carbocycles. The zero-order valence-electron chi connectivity index (χ0n) is 24.6. The first-order valence-electron chi connectivity index (χ1n) is 15.2. The molecule has 0 spiro atoms. The van der Waals surface area contributed by atoms with E-state index in [1.54, 1.807) is 0 Å². The number of carbonyl (C=O) groups excluding carboxylic acids is 4. The predicted octanol–water partition coefficient (Wildman–Crippen LogP) is 5.36. The molecule has 0 aromatic rings. The van der Waals surface area contributed by atoms with Crippen LogP contribution in [0.5, 0.6) is 0 Å². The van der Waals surface area contributed by atoms with Crippen molar-refractivity contribution in [3.8, 4) is 0 Å².